The monoisotopic (exact) mass is 604 g/mol. The largest absolute Gasteiger partial charge is 0.452 e. The van der Waals surface area contributed by atoms with Crippen LogP contribution in [0.4, 0.5) is 0 Å². The fourth-order valence-electron chi connectivity index (χ4n) is 7.70. The second-order valence-corrected chi connectivity index (χ2v) is 13.2. The van der Waals surface area contributed by atoms with E-state index in [1.54, 1.807) is 0 Å². The zero-order valence-corrected chi connectivity index (χ0v) is 25.4. The van der Waals surface area contributed by atoms with Crippen LogP contribution in [-0.4, -0.2) is 8.80 Å². The van der Waals surface area contributed by atoms with Crippen molar-refractivity contribution in [3.05, 3.63) is 146 Å². The summed E-state index contributed by atoms with van der Waals surface area (Å²) in [6.07, 6.45) is 0. The van der Waals surface area contributed by atoms with Gasteiger partial charge < -0.3 is 13.2 Å². The summed E-state index contributed by atoms with van der Waals surface area (Å²) >= 11 is 1.88. The highest BCUT2D eigenvalue weighted by Crippen LogP contribution is 2.49. The van der Waals surface area contributed by atoms with Gasteiger partial charge in [0.15, 0.2) is 11.2 Å². The Hall–Kier alpha value is -5.84. The molecule has 0 aliphatic carbocycles. The van der Waals surface area contributed by atoms with Gasteiger partial charge in [-0.3, -0.25) is 0 Å². The third-order valence-electron chi connectivity index (χ3n) is 9.67. The predicted molar refractivity (Wildman–Crippen MR) is 194 cm³/mol. The average Bonchev–Trinajstić information content (AvgIpc) is 3.66. The lowest BCUT2D eigenvalue weighted by Gasteiger charge is -2.11. The Labute approximate surface area is 266 Å². The number of rotatable bonds is 2. The number of hydrogen-bond acceptors (Lipinski definition) is 2. The number of benzene rings is 7. The topological polar surface area (TPSA) is 22.0 Å². The van der Waals surface area contributed by atoms with Gasteiger partial charge in [-0.05, 0) is 58.7 Å². The number of para-hydroxylation sites is 3. The van der Waals surface area contributed by atoms with Crippen molar-refractivity contribution >= 4 is 86.5 Å². The van der Waals surface area contributed by atoms with Crippen molar-refractivity contribution in [2.75, 3.05) is 0 Å². The molecule has 46 heavy (non-hydrogen) atoms. The summed E-state index contributed by atoms with van der Waals surface area (Å²) < 4.78 is 14.5. The Balaban J connectivity index is 1.42. The van der Waals surface area contributed by atoms with E-state index in [0.29, 0.717) is 0 Å². The Morgan fingerprint density at radius 2 is 1.00 bits per heavy atom. The van der Waals surface area contributed by atoms with Gasteiger partial charge in [-0.25, -0.2) is 0 Å². The molecule has 0 radical (unpaired) electrons. The van der Waals surface area contributed by atoms with Crippen molar-refractivity contribution in [3.63, 3.8) is 0 Å². The maximum absolute atomic E-state index is 7.01. The Kier molecular flexibility index (Phi) is 4.72. The van der Waals surface area contributed by atoms with E-state index in [-0.39, 0.29) is 0 Å². The molecule has 0 unspecified atom stereocenters. The molecular formula is C42H24N2OS. The van der Waals surface area contributed by atoms with Crippen LogP contribution in [0.1, 0.15) is 0 Å². The van der Waals surface area contributed by atoms with Crippen LogP contribution in [0.2, 0.25) is 0 Å². The van der Waals surface area contributed by atoms with Gasteiger partial charge in [0.25, 0.3) is 0 Å². The lowest BCUT2D eigenvalue weighted by molar-refractivity contribution is 0.660. The molecule has 4 heteroatoms. The highest BCUT2D eigenvalue weighted by atomic mass is 32.1. The fraction of sp³-hybridized carbons (Fsp3) is 0. The minimum absolute atomic E-state index is 0.875. The van der Waals surface area contributed by atoms with Crippen molar-refractivity contribution in [1.29, 1.82) is 0 Å². The number of nitrogens with zero attached hydrogens (tertiary/aromatic N) is 2. The van der Waals surface area contributed by atoms with E-state index in [0.717, 1.165) is 22.2 Å². The van der Waals surface area contributed by atoms with Crippen molar-refractivity contribution in [2.45, 2.75) is 0 Å². The second-order valence-electron chi connectivity index (χ2n) is 12.1. The first kappa shape index (κ1) is 24.5. The van der Waals surface area contributed by atoms with Gasteiger partial charge in [0, 0.05) is 16.2 Å². The molecule has 11 rings (SSSR count). The quantitative estimate of drug-likeness (QED) is 0.180. The van der Waals surface area contributed by atoms with Crippen LogP contribution in [0.5, 0.6) is 0 Å². The molecule has 0 amide bonds. The first-order valence-electron chi connectivity index (χ1n) is 15.6. The molecule has 214 valence electrons. The lowest BCUT2D eigenvalue weighted by Crippen LogP contribution is -1.92. The van der Waals surface area contributed by atoms with E-state index in [4.69, 9.17) is 4.42 Å². The van der Waals surface area contributed by atoms with Gasteiger partial charge in [-0.15, -0.1) is 11.3 Å². The van der Waals surface area contributed by atoms with E-state index in [1.165, 1.54) is 75.3 Å². The SMILES string of the molecule is c1ccc(-c2ccc3c4c5sc6ccccc6n6c7cc(-c8ccccc8)ccc7c(c7oc8ccccc8n(c3c2)c74)c56)cc1. The fourth-order valence-corrected chi connectivity index (χ4v) is 8.93. The third-order valence-corrected chi connectivity index (χ3v) is 10.8. The van der Waals surface area contributed by atoms with Crippen LogP contribution >= 0.6 is 11.3 Å². The summed E-state index contributed by atoms with van der Waals surface area (Å²) in [5.41, 5.74) is 13.7. The molecular weight excluding hydrogens is 581 g/mol. The molecule has 3 nitrogen and oxygen atoms in total. The highest BCUT2D eigenvalue weighted by Gasteiger charge is 2.26. The van der Waals surface area contributed by atoms with Crippen molar-refractivity contribution in [1.82, 2.24) is 8.80 Å². The molecule has 0 atom stereocenters. The predicted octanol–water partition coefficient (Wildman–Crippen LogP) is 12.1. The van der Waals surface area contributed by atoms with Gasteiger partial charge in [0.2, 0.25) is 0 Å². The summed E-state index contributed by atoms with van der Waals surface area (Å²) in [6, 6.07) is 52.4. The number of fused-ring (bicyclic) bond motifs is 12. The maximum atomic E-state index is 7.01. The Morgan fingerprint density at radius 1 is 0.435 bits per heavy atom. The Bertz CT molecular complexity index is 2800. The third kappa shape index (κ3) is 3.11. The average molecular weight is 605 g/mol. The minimum Gasteiger partial charge on any atom is -0.452 e. The summed E-state index contributed by atoms with van der Waals surface area (Å²) in [7, 11) is 0. The van der Waals surface area contributed by atoms with Crippen molar-refractivity contribution in [2.24, 2.45) is 0 Å². The Morgan fingerprint density at radius 3 is 1.70 bits per heavy atom. The van der Waals surface area contributed by atoms with Crippen molar-refractivity contribution < 1.29 is 4.42 Å². The zero-order valence-electron chi connectivity index (χ0n) is 24.6. The summed E-state index contributed by atoms with van der Waals surface area (Å²) in [6.45, 7) is 0. The van der Waals surface area contributed by atoms with E-state index in [1.807, 2.05) is 11.3 Å². The molecule has 0 saturated heterocycles. The number of aromatic nitrogens is 2. The van der Waals surface area contributed by atoms with Gasteiger partial charge in [0.1, 0.15) is 0 Å². The molecule has 4 heterocycles. The zero-order chi connectivity index (χ0) is 29.9. The van der Waals surface area contributed by atoms with Crippen molar-refractivity contribution in [3.8, 4) is 22.3 Å². The minimum atomic E-state index is 0.875. The maximum Gasteiger partial charge on any atom is 0.162 e. The van der Waals surface area contributed by atoms with Crippen LogP contribution in [-0.2, 0) is 0 Å². The van der Waals surface area contributed by atoms with Gasteiger partial charge in [-0.1, -0.05) is 109 Å². The van der Waals surface area contributed by atoms with Gasteiger partial charge in [-0.2, -0.15) is 0 Å². The first-order chi connectivity index (χ1) is 22.8. The highest BCUT2D eigenvalue weighted by molar-refractivity contribution is 7.25. The molecule has 4 aromatic heterocycles. The van der Waals surface area contributed by atoms with E-state index in [2.05, 4.69) is 154 Å². The van der Waals surface area contributed by atoms with Crippen LogP contribution in [0.25, 0.3) is 97.5 Å². The normalized spacial score (nSPS) is 12.3. The molecule has 0 bridgehead atoms. The summed E-state index contributed by atoms with van der Waals surface area (Å²) in [5, 5.41) is 4.85. The van der Waals surface area contributed by atoms with Crippen LogP contribution in [0.15, 0.2) is 150 Å². The molecule has 7 aromatic carbocycles. The van der Waals surface area contributed by atoms with E-state index in [9.17, 15) is 0 Å². The first-order valence-corrected chi connectivity index (χ1v) is 16.4. The van der Waals surface area contributed by atoms with Crippen LogP contribution < -0.4 is 0 Å². The molecule has 0 aliphatic rings. The van der Waals surface area contributed by atoms with Gasteiger partial charge >= 0.3 is 0 Å². The van der Waals surface area contributed by atoms with Gasteiger partial charge in [0.05, 0.1) is 47.9 Å². The van der Waals surface area contributed by atoms with E-state index < -0.39 is 0 Å². The second kappa shape index (κ2) is 8.87. The molecule has 11 aromatic rings. The standard InChI is InChI=1S/C42H24N2OS/c1-3-11-25(12-4-1)27-19-21-29-33(23-27)44-32-16-8-10-18-36(32)46-42-38-30-22-20-28(26-13-5-2-6-14-26)24-34(30)43-31-15-7-9-17-35(31)45-41(39(38)43)37(29)40(42)44/h1-24H. The molecule has 0 aliphatic heterocycles. The summed E-state index contributed by atoms with van der Waals surface area (Å²) in [5.74, 6) is 0. The smallest absolute Gasteiger partial charge is 0.162 e. The van der Waals surface area contributed by atoms with E-state index >= 15 is 0 Å². The molecule has 0 saturated carbocycles. The summed E-state index contributed by atoms with van der Waals surface area (Å²) in [4.78, 5) is 0. The molecule has 0 N–H and O–H groups in total. The molecule has 0 fully saturated rings. The van der Waals surface area contributed by atoms with Crippen LogP contribution in [0, 0.1) is 0 Å². The van der Waals surface area contributed by atoms with Crippen LogP contribution in [0.3, 0.4) is 0 Å². The molecule has 0 spiro atoms. The number of hydrogen-bond donors (Lipinski definition) is 0. The lowest BCUT2D eigenvalue weighted by atomic mass is 10.0.